The Bertz CT molecular complexity index is 290. The second kappa shape index (κ2) is 2.59. The van der Waals surface area contributed by atoms with Crippen LogP contribution in [0.25, 0.3) is 0 Å². The van der Waals surface area contributed by atoms with E-state index in [4.69, 9.17) is 10.7 Å². The smallest absolute Gasteiger partial charge is 0.239 e. The number of nitrogens with zero attached hydrogens (tertiary/aromatic N) is 1. The third kappa shape index (κ3) is 2.36. The van der Waals surface area contributed by atoms with Crippen LogP contribution in [0.5, 0.6) is 0 Å². The highest BCUT2D eigenvalue weighted by Gasteiger charge is 2.09. The first-order valence-corrected chi connectivity index (χ1v) is 4.88. The number of hydrogen-bond acceptors (Lipinski definition) is 4. The molecule has 0 spiro atoms. The molecule has 0 N–H and O–H groups in total. The molecule has 0 bridgehead atoms. The standard InChI is InChI=1S/C4H4ClNO3S/c5-10(7,8)3-4-1-2-6-9-4/h1-2H,3H2. The summed E-state index contributed by atoms with van der Waals surface area (Å²) in [5.41, 5.74) is 0. The van der Waals surface area contributed by atoms with Gasteiger partial charge in [0.05, 0.1) is 6.20 Å². The summed E-state index contributed by atoms with van der Waals surface area (Å²) in [6, 6.07) is 1.44. The van der Waals surface area contributed by atoms with Gasteiger partial charge in [-0.3, -0.25) is 0 Å². The van der Waals surface area contributed by atoms with Gasteiger partial charge in [0.15, 0.2) is 5.76 Å². The molecule has 0 aromatic carbocycles. The number of hydrogen-bond donors (Lipinski definition) is 0. The maximum absolute atomic E-state index is 10.4. The topological polar surface area (TPSA) is 60.2 Å². The molecule has 0 unspecified atom stereocenters. The highest BCUT2D eigenvalue weighted by atomic mass is 35.7. The Morgan fingerprint density at radius 2 is 2.40 bits per heavy atom. The summed E-state index contributed by atoms with van der Waals surface area (Å²) in [5.74, 6) is -0.0656. The molecule has 56 valence electrons. The lowest BCUT2D eigenvalue weighted by atomic mass is 10.5. The Balaban J connectivity index is 2.75. The van der Waals surface area contributed by atoms with Crippen LogP contribution in [-0.2, 0) is 14.8 Å². The summed E-state index contributed by atoms with van der Waals surface area (Å²) in [6.45, 7) is 0. The monoisotopic (exact) mass is 181 g/mol. The lowest BCUT2D eigenvalue weighted by Gasteiger charge is -1.86. The first-order chi connectivity index (χ1) is 4.58. The van der Waals surface area contributed by atoms with E-state index in [2.05, 4.69) is 9.68 Å². The summed E-state index contributed by atoms with van der Waals surface area (Å²) in [6.07, 6.45) is 1.36. The molecule has 0 fully saturated rings. The zero-order valence-electron chi connectivity index (χ0n) is 4.82. The largest absolute Gasteiger partial charge is 0.360 e. The van der Waals surface area contributed by atoms with Crippen molar-refractivity contribution in [3.05, 3.63) is 18.0 Å². The molecule has 1 aromatic heterocycles. The van der Waals surface area contributed by atoms with Crippen molar-refractivity contribution in [1.82, 2.24) is 5.16 Å². The number of aromatic nitrogens is 1. The maximum atomic E-state index is 10.4. The summed E-state index contributed by atoms with van der Waals surface area (Å²) < 4.78 is 25.2. The fourth-order valence-electron chi connectivity index (χ4n) is 0.487. The van der Waals surface area contributed by atoms with Crippen LogP contribution in [0.2, 0.25) is 0 Å². The highest BCUT2D eigenvalue weighted by Crippen LogP contribution is 2.07. The van der Waals surface area contributed by atoms with Crippen LogP contribution in [0, 0.1) is 0 Å². The van der Waals surface area contributed by atoms with Gasteiger partial charge in [0.25, 0.3) is 0 Å². The third-order valence-electron chi connectivity index (χ3n) is 0.806. The van der Waals surface area contributed by atoms with Crippen LogP contribution in [0.15, 0.2) is 16.8 Å². The minimum atomic E-state index is -3.51. The Kier molecular flexibility index (Phi) is 1.96. The van der Waals surface area contributed by atoms with E-state index < -0.39 is 9.05 Å². The van der Waals surface area contributed by atoms with E-state index in [0.29, 0.717) is 0 Å². The first-order valence-electron chi connectivity index (χ1n) is 2.40. The van der Waals surface area contributed by atoms with Crippen molar-refractivity contribution in [2.24, 2.45) is 0 Å². The van der Waals surface area contributed by atoms with Crippen molar-refractivity contribution in [2.45, 2.75) is 5.75 Å². The molecule has 0 saturated carbocycles. The predicted molar refractivity (Wildman–Crippen MR) is 35.0 cm³/mol. The van der Waals surface area contributed by atoms with Crippen molar-refractivity contribution in [1.29, 1.82) is 0 Å². The molecular weight excluding hydrogens is 178 g/mol. The molecule has 4 nitrogen and oxygen atoms in total. The molecule has 10 heavy (non-hydrogen) atoms. The van der Waals surface area contributed by atoms with Gasteiger partial charge in [0.2, 0.25) is 9.05 Å². The van der Waals surface area contributed by atoms with Crippen molar-refractivity contribution in [3.8, 4) is 0 Å². The molecule has 0 aliphatic rings. The normalized spacial score (nSPS) is 11.7. The third-order valence-corrected chi connectivity index (χ3v) is 1.76. The number of halogens is 1. The van der Waals surface area contributed by atoms with Crippen LogP contribution in [0.4, 0.5) is 0 Å². The fraction of sp³-hybridized carbons (Fsp3) is 0.250. The van der Waals surface area contributed by atoms with Gasteiger partial charge in [-0.1, -0.05) is 5.16 Å². The minimum absolute atomic E-state index is 0.245. The van der Waals surface area contributed by atoms with E-state index in [-0.39, 0.29) is 11.5 Å². The van der Waals surface area contributed by atoms with Gasteiger partial charge in [-0.25, -0.2) is 8.42 Å². The molecule has 1 rings (SSSR count). The Morgan fingerprint density at radius 3 is 2.80 bits per heavy atom. The average molecular weight is 182 g/mol. The Hall–Kier alpha value is -0.550. The second-order valence-electron chi connectivity index (χ2n) is 1.66. The zero-order valence-corrected chi connectivity index (χ0v) is 6.39. The van der Waals surface area contributed by atoms with Gasteiger partial charge in [-0.2, -0.15) is 0 Å². The van der Waals surface area contributed by atoms with Crippen LogP contribution in [0.3, 0.4) is 0 Å². The van der Waals surface area contributed by atoms with Gasteiger partial charge in [0, 0.05) is 16.7 Å². The molecule has 1 aromatic rings. The quantitative estimate of drug-likeness (QED) is 0.632. The van der Waals surface area contributed by atoms with E-state index in [1.165, 1.54) is 12.3 Å². The van der Waals surface area contributed by atoms with E-state index in [1.54, 1.807) is 0 Å². The maximum Gasteiger partial charge on any atom is 0.239 e. The first kappa shape index (κ1) is 7.56. The van der Waals surface area contributed by atoms with Crippen LogP contribution < -0.4 is 0 Å². The Morgan fingerprint density at radius 1 is 1.70 bits per heavy atom. The van der Waals surface area contributed by atoms with Crippen molar-refractivity contribution >= 4 is 19.7 Å². The van der Waals surface area contributed by atoms with E-state index in [0.717, 1.165) is 0 Å². The van der Waals surface area contributed by atoms with E-state index >= 15 is 0 Å². The average Bonchev–Trinajstić information content (AvgIpc) is 2.12. The van der Waals surface area contributed by atoms with Crippen molar-refractivity contribution in [2.75, 3.05) is 0 Å². The molecule has 0 aliphatic heterocycles. The SMILES string of the molecule is O=S(=O)(Cl)Cc1ccno1. The highest BCUT2D eigenvalue weighted by molar-refractivity contribution is 8.13. The van der Waals surface area contributed by atoms with E-state index in [1.807, 2.05) is 0 Å². The van der Waals surface area contributed by atoms with Crippen LogP contribution in [-0.4, -0.2) is 13.6 Å². The molecule has 6 heteroatoms. The van der Waals surface area contributed by atoms with Crippen LogP contribution in [0.1, 0.15) is 5.76 Å². The van der Waals surface area contributed by atoms with Gasteiger partial charge >= 0.3 is 0 Å². The van der Waals surface area contributed by atoms with Crippen molar-refractivity contribution in [3.63, 3.8) is 0 Å². The van der Waals surface area contributed by atoms with Gasteiger partial charge < -0.3 is 4.52 Å². The lowest BCUT2D eigenvalue weighted by molar-refractivity contribution is 0.393. The minimum Gasteiger partial charge on any atom is -0.360 e. The summed E-state index contributed by atoms with van der Waals surface area (Å²) >= 11 is 0. The predicted octanol–water partition coefficient (Wildman–Crippen LogP) is 0.743. The van der Waals surface area contributed by atoms with E-state index in [9.17, 15) is 8.42 Å². The lowest BCUT2D eigenvalue weighted by Crippen LogP contribution is -1.92. The fourth-order valence-corrected chi connectivity index (χ4v) is 1.30. The molecule has 0 saturated heterocycles. The summed E-state index contributed by atoms with van der Waals surface area (Å²) in [4.78, 5) is 0. The second-order valence-corrected chi connectivity index (χ2v) is 4.44. The Labute approximate surface area is 62.2 Å². The summed E-state index contributed by atoms with van der Waals surface area (Å²) in [7, 11) is 1.40. The summed E-state index contributed by atoms with van der Waals surface area (Å²) in [5, 5.41) is 3.31. The molecular formula is C4H4ClNO3S. The molecule has 0 amide bonds. The van der Waals surface area contributed by atoms with Gasteiger partial charge in [-0.05, 0) is 0 Å². The zero-order chi connectivity index (χ0) is 7.61. The molecule has 0 radical (unpaired) electrons. The van der Waals surface area contributed by atoms with Gasteiger partial charge in [-0.15, -0.1) is 0 Å². The molecule has 0 aliphatic carbocycles. The van der Waals surface area contributed by atoms with Crippen molar-refractivity contribution < 1.29 is 12.9 Å². The molecule has 0 atom stereocenters. The van der Waals surface area contributed by atoms with Crippen LogP contribution >= 0.6 is 10.7 Å². The molecule has 1 heterocycles. The number of rotatable bonds is 2. The van der Waals surface area contributed by atoms with Gasteiger partial charge in [0.1, 0.15) is 5.75 Å².